The molecule has 21 heavy (non-hydrogen) atoms. The Morgan fingerprint density at radius 2 is 2.10 bits per heavy atom. The van der Waals surface area contributed by atoms with Gasteiger partial charge in [-0.3, -0.25) is 9.69 Å². The summed E-state index contributed by atoms with van der Waals surface area (Å²) < 4.78 is 0. The van der Waals surface area contributed by atoms with Crippen molar-refractivity contribution in [1.29, 1.82) is 0 Å². The van der Waals surface area contributed by atoms with Crippen molar-refractivity contribution in [2.45, 2.75) is 26.2 Å². The van der Waals surface area contributed by atoms with Gasteiger partial charge in [0.15, 0.2) is 0 Å². The predicted octanol–water partition coefficient (Wildman–Crippen LogP) is 2.27. The van der Waals surface area contributed by atoms with Crippen molar-refractivity contribution in [2.75, 3.05) is 24.5 Å². The molecule has 1 N–H and O–H groups in total. The molecule has 112 valence electrons. The molecule has 0 radical (unpaired) electrons. The average Bonchev–Trinajstić information content (AvgIpc) is 2.40. The highest BCUT2D eigenvalue weighted by Crippen LogP contribution is 2.30. The molecule has 5 heteroatoms. The molecule has 0 unspecified atom stereocenters. The molecule has 1 saturated heterocycles. The number of carbonyl (C=O) groups is 2. The van der Waals surface area contributed by atoms with E-state index in [0.29, 0.717) is 13.1 Å². The number of amides is 2. The van der Waals surface area contributed by atoms with Gasteiger partial charge >= 0.3 is 12.0 Å². The SMILES string of the molecule is Cc1ccc2c(c1)CCCN2C(=O)N1CC(CC(=O)O)C1. The smallest absolute Gasteiger partial charge is 0.324 e. The lowest BCUT2D eigenvalue weighted by molar-refractivity contribution is -0.139. The fourth-order valence-corrected chi connectivity index (χ4v) is 3.20. The first kappa shape index (κ1) is 13.9. The number of carboxylic acid groups (broad SMARTS) is 1. The molecule has 1 aromatic carbocycles. The van der Waals surface area contributed by atoms with Crippen molar-refractivity contribution < 1.29 is 14.7 Å². The van der Waals surface area contributed by atoms with Gasteiger partial charge in [0.1, 0.15) is 0 Å². The maximum Gasteiger partial charge on any atom is 0.324 e. The Morgan fingerprint density at radius 3 is 2.81 bits per heavy atom. The van der Waals surface area contributed by atoms with Crippen LogP contribution < -0.4 is 4.90 Å². The van der Waals surface area contributed by atoms with Crippen LogP contribution in [0.4, 0.5) is 10.5 Å². The molecule has 0 atom stereocenters. The minimum Gasteiger partial charge on any atom is -0.481 e. The van der Waals surface area contributed by atoms with Gasteiger partial charge in [-0.25, -0.2) is 4.79 Å². The molecule has 1 aromatic rings. The Balaban J connectivity index is 1.69. The monoisotopic (exact) mass is 288 g/mol. The van der Waals surface area contributed by atoms with E-state index in [-0.39, 0.29) is 18.4 Å². The molecule has 3 rings (SSSR count). The van der Waals surface area contributed by atoms with Crippen LogP contribution in [-0.2, 0) is 11.2 Å². The van der Waals surface area contributed by atoms with Gasteiger partial charge in [0, 0.05) is 31.2 Å². The first-order chi connectivity index (χ1) is 10.0. The number of benzene rings is 1. The van der Waals surface area contributed by atoms with Gasteiger partial charge in [0.25, 0.3) is 0 Å². The number of anilines is 1. The van der Waals surface area contributed by atoms with Gasteiger partial charge in [-0.2, -0.15) is 0 Å². The Bertz CT molecular complexity index is 579. The first-order valence-electron chi connectivity index (χ1n) is 7.42. The summed E-state index contributed by atoms with van der Waals surface area (Å²) in [6, 6.07) is 6.23. The number of carboxylic acids is 1. The lowest BCUT2D eigenvalue weighted by Crippen LogP contribution is -2.56. The fraction of sp³-hybridized carbons (Fsp3) is 0.500. The fourth-order valence-electron chi connectivity index (χ4n) is 3.20. The second-order valence-corrected chi connectivity index (χ2v) is 6.04. The van der Waals surface area contributed by atoms with E-state index in [4.69, 9.17) is 5.11 Å². The van der Waals surface area contributed by atoms with Gasteiger partial charge in [0.2, 0.25) is 0 Å². The number of hydrogen-bond donors (Lipinski definition) is 1. The summed E-state index contributed by atoms with van der Waals surface area (Å²) in [6.45, 7) is 3.92. The van der Waals surface area contributed by atoms with E-state index in [1.54, 1.807) is 4.90 Å². The van der Waals surface area contributed by atoms with E-state index in [0.717, 1.165) is 25.1 Å². The number of aryl methyl sites for hydroxylation is 2. The minimum absolute atomic E-state index is 0.0152. The molecule has 0 bridgehead atoms. The standard InChI is InChI=1S/C16H20N2O3/c1-11-4-5-14-13(7-11)3-2-6-18(14)16(21)17-9-12(10-17)8-15(19)20/h4-5,7,12H,2-3,6,8-10H2,1H3,(H,19,20). The third kappa shape index (κ3) is 2.73. The second-order valence-electron chi connectivity index (χ2n) is 6.04. The summed E-state index contributed by atoms with van der Waals surface area (Å²) in [5.74, 6) is -0.681. The number of aliphatic carboxylic acids is 1. The minimum atomic E-state index is -0.786. The van der Waals surface area contributed by atoms with Crippen LogP contribution in [0.25, 0.3) is 0 Å². The maximum absolute atomic E-state index is 12.6. The lowest BCUT2D eigenvalue weighted by Gasteiger charge is -2.42. The van der Waals surface area contributed by atoms with Crippen molar-refractivity contribution >= 4 is 17.7 Å². The summed E-state index contributed by atoms with van der Waals surface area (Å²) in [5.41, 5.74) is 3.46. The zero-order valence-electron chi connectivity index (χ0n) is 12.2. The van der Waals surface area contributed by atoms with Crippen molar-refractivity contribution in [1.82, 2.24) is 4.90 Å². The summed E-state index contributed by atoms with van der Waals surface area (Å²) in [5, 5.41) is 8.76. The molecular formula is C16H20N2O3. The second kappa shape index (κ2) is 5.39. The van der Waals surface area contributed by atoms with Gasteiger partial charge in [-0.15, -0.1) is 0 Å². The summed E-state index contributed by atoms with van der Waals surface area (Å²) in [6.07, 6.45) is 2.15. The lowest BCUT2D eigenvalue weighted by atomic mass is 9.96. The molecule has 2 heterocycles. The first-order valence-corrected chi connectivity index (χ1v) is 7.42. The Morgan fingerprint density at radius 1 is 1.33 bits per heavy atom. The van der Waals surface area contributed by atoms with Crippen LogP contribution in [0.2, 0.25) is 0 Å². The van der Waals surface area contributed by atoms with Crippen molar-refractivity contribution in [2.24, 2.45) is 5.92 Å². The number of hydrogen-bond acceptors (Lipinski definition) is 2. The summed E-state index contributed by atoms with van der Waals surface area (Å²) >= 11 is 0. The molecule has 1 fully saturated rings. The highest BCUT2D eigenvalue weighted by atomic mass is 16.4. The van der Waals surface area contributed by atoms with E-state index >= 15 is 0 Å². The van der Waals surface area contributed by atoms with Crippen LogP contribution in [0.5, 0.6) is 0 Å². The van der Waals surface area contributed by atoms with Crippen molar-refractivity contribution in [3.8, 4) is 0 Å². The zero-order chi connectivity index (χ0) is 15.0. The van der Waals surface area contributed by atoms with Crippen molar-refractivity contribution in [3.63, 3.8) is 0 Å². The third-order valence-corrected chi connectivity index (χ3v) is 4.28. The number of carbonyl (C=O) groups excluding carboxylic acids is 1. The number of rotatable bonds is 2. The van der Waals surface area contributed by atoms with E-state index in [2.05, 4.69) is 13.0 Å². The Labute approximate surface area is 124 Å². The van der Waals surface area contributed by atoms with E-state index in [1.807, 2.05) is 17.0 Å². The van der Waals surface area contributed by atoms with Crippen LogP contribution in [0.3, 0.4) is 0 Å². The van der Waals surface area contributed by atoms with Gasteiger partial charge in [-0.05, 0) is 31.4 Å². The topological polar surface area (TPSA) is 60.9 Å². The van der Waals surface area contributed by atoms with Crippen LogP contribution in [-0.4, -0.2) is 41.6 Å². The summed E-state index contributed by atoms with van der Waals surface area (Å²) in [4.78, 5) is 26.8. The number of nitrogens with zero attached hydrogens (tertiary/aromatic N) is 2. The number of urea groups is 1. The highest BCUT2D eigenvalue weighted by Gasteiger charge is 2.35. The molecular weight excluding hydrogens is 268 g/mol. The predicted molar refractivity (Wildman–Crippen MR) is 79.6 cm³/mol. The van der Waals surface area contributed by atoms with Crippen molar-refractivity contribution in [3.05, 3.63) is 29.3 Å². The Hall–Kier alpha value is -2.04. The molecule has 0 aliphatic carbocycles. The third-order valence-electron chi connectivity index (χ3n) is 4.28. The van der Waals surface area contributed by atoms with Crippen LogP contribution in [0, 0.1) is 12.8 Å². The van der Waals surface area contributed by atoms with Gasteiger partial charge < -0.3 is 10.0 Å². The molecule has 2 aliphatic rings. The van der Waals surface area contributed by atoms with E-state index < -0.39 is 5.97 Å². The zero-order valence-corrected chi connectivity index (χ0v) is 12.2. The normalized spacial score (nSPS) is 18.1. The quantitative estimate of drug-likeness (QED) is 0.908. The molecule has 2 amide bonds. The summed E-state index contributed by atoms with van der Waals surface area (Å²) in [7, 11) is 0. The largest absolute Gasteiger partial charge is 0.481 e. The molecule has 0 aromatic heterocycles. The molecule has 0 saturated carbocycles. The van der Waals surface area contributed by atoms with Crippen LogP contribution >= 0.6 is 0 Å². The Kier molecular flexibility index (Phi) is 3.57. The van der Waals surface area contributed by atoms with Gasteiger partial charge in [0.05, 0.1) is 6.42 Å². The van der Waals surface area contributed by atoms with Crippen LogP contribution in [0.1, 0.15) is 24.0 Å². The van der Waals surface area contributed by atoms with E-state index in [1.165, 1.54) is 11.1 Å². The molecule has 0 spiro atoms. The maximum atomic E-state index is 12.6. The molecule has 2 aliphatic heterocycles. The number of likely N-dealkylation sites (tertiary alicyclic amines) is 1. The van der Waals surface area contributed by atoms with Gasteiger partial charge in [-0.1, -0.05) is 17.7 Å². The molecule has 5 nitrogen and oxygen atoms in total. The average molecular weight is 288 g/mol. The van der Waals surface area contributed by atoms with Crippen LogP contribution in [0.15, 0.2) is 18.2 Å². The number of fused-ring (bicyclic) bond motifs is 1. The van der Waals surface area contributed by atoms with E-state index in [9.17, 15) is 9.59 Å². The highest BCUT2D eigenvalue weighted by molar-refractivity contribution is 5.94.